The highest BCUT2D eigenvalue weighted by molar-refractivity contribution is 14.1. The molecule has 1 aromatic rings. The summed E-state index contributed by atoms with van der Waals surface area (Å²) in [6, 6.07) is 3.91. The van der Waals surface area contributed by atoms with E-state index in [0.717, 1.165) is 23.5 Å². The van der Waals surface area contributed by atoms with Crippen molar-refractivity contribution in [2.24, 2.45) is 5.73 Å². The zero-order valence-corrected chi connectivity index (χ0v) is 12.1. The number of halogens is 1. The molecule has 1 unspecified atom stereocenters. The third-order valence-electron chi connectivity index (χ3n) is 2.23. The molecule has 0 amide bonds. The monoisotopic (exact) mass is 345 g/mol. The van der Waals surface area contributed by atoms with Gasteiger partial charge in [-0.25, -0.2) is 0 Å². The van der Waals surface area contributed by atoms with Crippen molar-refractivity contribution < 1.29 is 9.21 Å². The third-order valence-corrected chi connectivity index (χ3v) is 3.22. The van der Waals surface area contributed by atoms with E-state index in [1.807, 2.05) is 44.2 Å². The van der Waals surface area contributed by atoms with E-state index in [9.17, 15) is 4.79 Å². The summed E-state index contributed by atoms with van der Waals surface area (Å²) in [5.41, 5.74) is 6.30. The molecule has 1 aliphatic carbocycles. The van der Waals surface area contributed by atoms with Crippen LogP contribution in [0.2, 0.25) is 0 Å². The number of carbonyl (C=O) groups is 1. The fraction of sp³-hybridized carbons (Fsp3) is 0.308. The summed E-state index contributed by atoms with van der Waals surface area (Å²) in [5.74, 6) is 1.97. The second kappa shape index (κ2) is 6.05. The number of nitrogens with two attached hydrogens (primary N) is 1. The lowest BCUT2D eigenvalue weighted by Gasteiger charge is -2.18. The van der Waals surface area contributed by atoms with Crippen LogP contribution in [0.15, 0.2) is 40.5 Å². The Morgan fingerprint density at radius 1 is 1.41 bits per heavy atom. The summed E-state index contributed by atoms with van der Waals surface area (Å²) in [7, 11) is 0. The topological polar surface area (TPSA) is 56.2 Å². The molecule has 0 radical (unpaired) electrons. The zero-order chi connectivity index (χ0) is 12.9. The summed E-state index contributed by atoms with van der Waals surface area (Å²) in [6.07, 6.45) is 7.05. The van der Waals surface area contributed by atoms with Crippen molar-refractivity contribution in [2.45, 2.75) is 23.7 Å². The molecule has 0 fully saturated rings. The lowest BCUT2D eigenvalue weighted by atomic mass is 10.0. The summed E-state index contributed by atoms with van der Waals surface area (Å²) in [6.45, 7) is 3.88. The van der Waals surface area contributed by atoms with Crippen molar-refractivity contribution in [1.29, 1.82) is 0 Å². The van der Waals surface area contributed by atoms with E-state index in [4.69, 9.17) is 10.2 Å². The van der Waals surface area contributed by atoms with Crippen molar-refractivity contribution in [3.05, 3.63) is 47.6 Å². The molecule has 1 atom stereocenters. The van der Waals surface area contributed by atoms with Gasteiger partial charge in [-0.1, -0.05) is 34.7 Å². The molecule has 3 nitrogen and oxygen atoms in total. The van der Waals surface area contributed by atoms with Crippen LogP contribution in [0, 0.1) is 13.8 Å². The molecule has 0 aliphatic heterocycles. The minimum absolute atomic E-state index is 0.392. The van der Waals surface area contributed by atoms with Crippen LogP contribution in [0.1, 0.15) is 17.9 Å². The Kier molecular flexibility index (Phi) is 4.99. The number of alkyl halides is 1. The van der Waals surface area contributed by atoms with Crippen LogP contribution >= 0.6 is 22.6 Å². The molecule has 92 valence electrons. The summed E-state index contributed by atoms with van der Waals surface area (Å²) in [4.78, 5) is 10.5. The highest BCUT2D eigenvalue weighted by Gasteiger charge is 2.24. The Labute approximate surface area is 115 Å². The van der Waals surface area contributed by atoms with Gasteiger partial charge in [0.15, 0.2) is 0 Å². The van der Waals surface area contributed by atoms with Gasteiger partial charge in [0.2, 0.25) is 0 Å². The van der Waals surface area contributed by atoms with E-state index in [0.29, 0.717) is 6.42 Å². The van der Waals surface area contributed by atoms with E-state index in [1.165, 1.54) is 0 Å². The molecular formula is C13H16INO2. The normalized spacial score (nSPS) is 22.4. The van der Waals surface area contributed by atoms with Gasteiger partial charge in [0.1, 0.15) is 21.2 Å². The molecule has 0 spiro atoms. The number of rotatable bonds is 1. The van der Waals surface area contributed by atoms with Gasteiger partial charge < -0.3 is 14.9 Å². The standard InChI is InChI=1S/C7H8INO.C6H8O/c8-7(5-10)3-1-2-6(9)4-7;1-5-3-4-6(2)7-5/h1-3,5H,4,9H2;3-4H,1-2H3. The Bertz CT molecular complexity index is 432. The first kappa shape index (κ1) is 14.0. The second-order valence-corrected chi connectivity index (χ2v) is 5.99. The number of aldehydes is 1. The molecule has 1 aromatic heterocycles. The summed E-state index contributed by atoms with van der Waals surface area (Å²) >= 11 is 2.09. The Morgan fingerprint density at radius 3 is 2.29 bits per heavy atom. The van der Waals surface area contributed by atoms with Crippen LogP contribution in [0.25, 0.3) is 0 Å². The van der Waals surface area contributed by atoms with Gasteiger partial charge >= 0.3 is 0 Å². The maximum atomic E-state index is 10.5. The molecule has 2 N–H and O–H groups in total. The number of hydrogen-bond donors (Lipinski definition) is 1. The quantitative estimate of drug-likeness (QED) is 0.484. The third kappa shape index (κ3) is 4.77. The molecule has 0 aromatic carbocycles. The average Bonchev–Trinajstić information content (AvgIpc) is 2.63. The van der Waals surface area contributed by atoms with Gasteiger partial charge in [-0.2, -0.15) is 0 Å². The van der Waals surface area contributed by atoms with Gasteiger partial charge in [-0.15, -0.1) is 0 Å². The van der Waals surface area contributed by atoms with E-state index in [1.54, 1.807) is 0 Å². The number of allylic oxidation sites excluding steroid dienone is 4. The SMILES string of the molecule is Cc1ccc(C)o1.NC1=CC=CC(I)(C=O)C1. The smallest absolute Gasteiger partial charge is 0.140 e. The fourth-order valence-electron chi connectivity index (χ4n) is 1.40. The van der Waals surface area contributed by atoms with Gasteiger partial charge in [0.05, 0.1) is 0 Å². The molecule has 4 heteroatoms. The highest BCUT2D eigenvalue weighted by Crippen LogP contribution is 2.27. The first-order valence-corrected chi connectivity index (χ1v) is 6.35. The van der Waals surface area contributed by atoms with Gasteiger partial charge in [0, 0.05) is 12.1 Å². The number of furan rings is 1. The van der Waals surface area contributed by atoms with Gasteiger partial charge in [-0.05, 0) is 32.1 Å². The predicted octanol–water partition coefficient (Wildman–Crippen LogP) is 3.06. The minimum Gasteiger partial charge on any atom is -0.467 e. The van der Waals surface area contributed by atoms with Crippen LogP contribution in [0.5, 0.6) is 0 Å². The highest BCUT2D eigenvalue weighted by atomic mass is 127. The van der Waals surface area contributed by atoms with Gasteiger partial charge in [-0.3, -0.25) is 0 Å². The minimum atomic E-state index is -0.392. The maximum absolute atomic E-state index is 10.5. The van der Waals surface area contributed by atoms with Crippen LogP contribution in [0.3, 0.4) is 0 Å². The summed E-state index contributed by atoms with van der Waals surface area (Å²) < 4.78 is 4.69. The molecular weight excluding hydrogens is 329 g/mol. The van der Waals surface area contributed by atoms with Crippen molar-refractivity contribution in [3.63, 3.8) is 0 Å². The number of aryl methyl sites for hydroxylation is 2. The molecule has 0 saturated heterocycles. The number of carbonyl (C=O) groups excluding carboxylic acids is 1. The molecule has 0 bridgehead atoms. The Balaban J connectivity index is 0.000000181. The Hall–Kier alpha value is -1.04. The zero-order valence-electron chi connectivity index (χ0n) is 9.94. The maximum Gasteiger partial charge on any atom is 0.140 e. The van der Waals surface area contributed by atoms with Gasteiger partial charge in [0.25, 0.3) is 0 Å². The van der Waals surface area contributed by atoms with Crippen molar-refractivity contribution in [1.82, 2.24) is 0 Å². The van der Waals surface area contributed by atoms with Crippen LogP contribution in [-0.2, 0) is 4.79 Å². The van der Waals surface area contributed by atoms with Crippen molar-refractivity contribution in [2.75, 3.05) is 0 Å². The van der Waals surface area contributed by atoms with Crippen molar-refractivity contribution >= 4 is 28.9 Å². The molecule has 0 saturated carbocycles. The summed E-state index contributed by atoms with van der Waals surface area (Å²) in [5, 5.41) is 0. The Morgan fingerprint density at radius 2 is 2.00 bits per heavy atom. The average molecular weight is 345 g/mol. The molecule has 1 heterocycles. The van der Waals surface area contributed by atoms with E-state index in [-0.39, 0.29) is 0 Å². The van der Waals surface area contributed by atoms with E-state index in [2.05, 4.69) is 22.6 Å². The van der Waals surface area contributed by atoms with Crippen molar-refractivity contribution in [3.8, 4) is 0 Å². The fourth-order valence-corrected chi connectivity index (χ4v) is 2.05. The molecule has 1 aliphatic rings. The lowest BCUT2D eigenvalue weighted by molar-refractivity contribution is -0.108. The largest absolute Gasteiger partial charge is 0.467 e. The van der Waals surface area contributed by atoms with E-state index >= 15 is 0 Å². The predicted molar refractivity (Wildman–Crippen MR) is 77.0 cm³/mol. The van der Waals surface area contributed by atoms with Crippen LogP contribution in [-0.4, -0.2) is 9.71 Å². The molecule has 17 heavy (non-hydrogen) atoms. The molecule has 2 rings (SSSR count). The lowest BCUT2D eigenvalue weighted by Crippen LogP contribution is -2.24. The first-order valence-electron chi connectivity index (χ1n) is 5.27. The van der Waals surface area contributed by atoms with E-state index < -0.39 is 3.42 Å². The van der Waals surface area contributed by atoms with Crippen LogP contribution < -0.4 is 5.73 Å². The van der Waals surface area contributed by atoms with Crippen LogP contribution in [0.4, 0.5) is 0 Å². The number of hydrogen-bond acceptors (Lipinski definition) is 3. The second-order valence-electron chi connectivity index (χ2n) is 3.98. The first-order chi connectivity index (χ1) is 7.95.